The highest BCUT2D eigenvalue weighted by atomic mass is 35.5. The highest BCUT2D eigenvalue weighted by molar-refractivity contribution is 6.32. The number of halogens is 4. The Labute approximate surface area is 194 Å². The van der Waals surface area contributed by atoms with E-state index in [1.807, 2.05) is 0 Å². The van der Waals surface area contributed by atoms with Crippen molar-refractivity contribution in [2.24, 2.45) is 10.7 Å². The number of nitrogens with two attached hydrogens (primary N) is 1. The summed E-state index contributed by atoms with van der Waals surface area (Å²) in [5.41, 5.74) is 5.49. The zero-order valence-electron chi connectivity index (χ0n) is 18.0. The third kappa shape index (κ3) is 4.70. The highest BCUT2D eigenvalue weighted by Gasteiger charge is 2.42. The van der Waals surface area contributed by atoms with Gasteiger partial charge in [0.25, 0.3) is 0 Å². The molecule has 0 aliphatic carbocycles. The Morgan fingerprint density at radius 2 is 1.97 bits per heavy atom. The van der Waals surface area contributed by atoms with Crippen molar-refractivity contribution in [3.63, 3.8) is 0 Å². The highest BCUT2D eigenvalue weighted by Crippen LogP contribution is 2.40. The molecule has 0 unspecified atom stereocenters. The molecule has 2 aliphatic rings. The van der Waals surface area contributed by atoms with E-state index in [4.69, 9.17) is 22.1 Å². The summed E-state index contributed by atoms with van der Waals surface area (Å²) in [7, 11) is 0. The Morgan fingerprint density at radius 1 is 1.24 bits per heavy atom. The number of pyridine rings is 1. The SMILES string of the molecule is C[C@@]1(c2cccc(Cc3cnccc3C(F)(F)F)c2Cl)CC(=O)N(C2CCOCC2)C(N)=N1. The van der Waals surface area contributed by atoms with Gasteiger partial charge in [0.15, 0.2) is 5.96 Å². The number of hydrogen-bond donors (Lipinski definition) is 1. The molecule has 4 rings (SSSR count). The van der Waals surface area contributed by atoms with Crippen molar-refractivity contribution >= 4 is 23.5 Å². The molecule has 1 atom stereocenters. The molecule has 2 aromatic rings. The number of alkyl halides is 3. The molecular formula is C23H24ClF3N4O2. The lowest BCUT2D eigenvalue weighted by Gasteiger charge is -2.40. The molecule has 33 heavy (non-hydrogen) atoms. The van der Waals surface area contributed by atoms with Gasteiger partial charge in [-0.05, 0) is 42.5 Å². The number of rotatable bonds is 4. The van der Waals surface area contributed by atoms with Crippen LogP contribution < -0.4 is 5.73 Å². The van der Waals surface area contributed by atoms with Crippen LogP contribution in [0.25, 0.3) is 0 Å². The fourth-order valence-corrected chi connectivity index (χ4v) is 4.92. The van der Waals surface area contributed by atoms with Crippen LogP contribution in [0.2, 0.25) is 5.02 Å². The van der Waals surface area contributed by atoms with Gasteiger partial charge in [-0.3, -0.25) is 14.7 Å². The summed E-state index contributed by atoms with van der Waals surface area (Å²) in [6.07, 6.45) is -0.846. The van der Waals surface area contributed by atoms with Crippen molar-refractivity contribution in [3.05, 3.63) is 63.9 Å². The number of aliphatic imine (C=N–C) groups is 1. The fourth-order valence-electron chi connectivity index (χ4n) is 4.53. The standard InChI is InChI=1S/C23H24ClF3N4O2/c1-22(12-19(32)31(21(28)30-22)16-6-9-33-10-7-16)18-4-2-3-14(20(18)24)11-15-13-29-8-5-17(15)23(25,26)27/h2-5,8,13,16H,6-7,9-12H2,1H3,(H2,28,30)/t22-/m0/s1. The molecule has 1 saturated heterocycles. The van der Waals surface area contributed by atoms with Crippen LogP contribution in [0.4, 0.5) is 13.2 Å². The molecule has 3 heterocycles. The molecule has 1 aromatic carbocycles. The quantitative estimate of drug-likeness (QED) is 0.708. The number of carbonyl (C=O) groups excluding carboxylic acids is 1. The zero-order chi connectivity index (χ0) is 23.8. The van der Waals surface area contributed by atoms with E-state index in [0.717, 1.165) is 12.3 Å². The number of aromatic nitrogens is 1. The average molecular weight is 481 g/mol. The first kappa shape index (κ1) is 23.5. The van der Waals surface area contributed by atoms with Crippen LogP contribution in [0.15, 0.2) is 41.7 Å². The summed E-state index contributed by atoms with van der Waals surface area (Å²) in [5.74, 6) is -0.0428. The molecule has 10 heteroatoms. The number of benzene rings is 1. The number of carbonyl (C=O) groups is 1. The Hall–Kier alpha value is -2.65. The van der Waals surface area contributed by atoms with Crippen molar-refractivity contribution in [1.29, 1.82) is 0 Å². The van der Waals surface area contributed by atoms with E-state index in [9.17, 15) is 18.0 Å². The summed E-state index contributed by atoms with van der Waals surface area (Å²) in [6, 6.07) is 5.98. The van der Waals surface area contributed by atoms with E-state index in [2.05, 4.69) is 9.98 Å². The third-order valence-corrected chi connectivity index (χ3v) is 6.62. The van der Waals surface area contributed by atoms with Gasteiger partial charge in [-0.1, -0.05) is 29.8 Å². The van der Waals surface area contributed by atoms with Crippen molar-refractivity contribution in [2.45, 2.75) is 50.4 Å². The fraction of sp³-hybridized carbons (Fsp3) is 0.435. The summed E-state index contributed by atoms with van der Waals surface area (Å²) < 4.78 is 45.6. The van der Waals surface area contributed by atoms with Crippen LogP contribution in [0.3, 0.4) is 0 Å². The number of guanidine groups is 1. The van der Waals surface area contributed by atoms with E-state index in [0.29, 0.717) is 37.2 Å². The zero-order valence-corrected chi connectivity index (χ0v) is 18.8. The summed E-state index contributed by atoms with van der Waals surface area (Å²) in [6.45, 7) is 2.87. The van der Waals surface area contributed by atoms with E-state index in [1.165, 1.54) is 11.1 Å². The minimum atomic E-state index is -4.50. The molecule has 0 radical (unpaired) electrons. The monoisotopic (exact) mass is 480 g/mol. The molecule has 0 spiro atoms. The van der Waals surface area contributed by atoms with Crippen LogP contribution in [-0.4, -0.2) is 41.0 Å². The molecule has 0 bridgehead atoms. The maximum absolute atomic E-state index is 13.4. The molecule has 1 amide bonds. The predicted octanol–water partition coefficient (Wildman–Crippen LogP) is 4.29. The minimum absolute atomic E-state index is 0.0163. The molecule has 2 N–H and O–H groups in total. The largest absolute Gasteiger partial charge is 0.416 e. The third-order valence-electron chi connectivity index (χ3n) is 6.18. The van der Waals surface area contributed by atoms with Crippen LogP contribution >= 0.6 is 11.6 Å². The second-order valence-electron chi connectivity index (χ2n) is 8.51. The number of amides is 1. The molecular weight excluding hydrogens is 457 g/mol. The Kier molecular flexibility index (Phi) is 6.37. The van der Waals surface area contributed by atoms with Gasteiger partial charge in [-0.15, -0.1) is 0 Å². The van der Waals surface area contributed by atoms with Gasteiger partial charge in [0.05, 0.1) is 17.5 Å². The number of nitrogens with zero attached hydrogens (tertiary/aromatic N) is 3. The van der Waals surface area contributed by atoms with Crippen LogP contribution in [0.1, 0.15) is 48.4 Å². The molecule has 176 valence electrons. The molecule has 0 saturated carbocycles. The first-order valence-corrected chi connectivity index (χ1v) is 11.0. The van der Waals surface area contributed by atoms with Crippen LogP contribution in [-0.2, 0) is 27.7 Å². The van der Waals surface area contributed by atoms with Crippen molar-refractivity contribution in [2.75, 3.05) is 13.2 Å². The topological polar surface area (TPSA) is 80.8 Å². The molecule has 1 fully saturated rings. The van der Waals surface area contributed by atoms with Gasteiger partial charge in [-0.2, -0.15) is 13.2 Å². The lowest BCUT2D eigenvalue weighted by Crippen LogP contribution is -2.55. The first-order chi connectivity index (χ1) is 15.6. The van der Waals surface area contributed by atoms with Crippen molar-refractivity contribution in [1.82, 2.24) is 9.88 Å². The second-order valence-corrected chi connectivity index (χ2v) is 8.89. The maximum atomic E-state index is 13.4. The lowest BCUT2D eigenvalue weighted by atomic mass is 9.85. The van der Waals surface area contributed by atoms with Gasteiger partial charge < -0.3 is 10.5 Å². The smallest absolute Gasteiger partial charge is 0.381 e. The Morgan fingerprint density at radius 3 is 2.64 bits per heavy atom. The van der Waals surface area contributed by atoms with Gasteiger partial charge in [0.2, 0.25) is 5.91 Å². The summed E-state index contributed by atoms with van der Waals surface area (Å²) >= 11 is 6.68. The second kappa shape index (κ2) is 8.95. The number of ether oxygens (including phenoxy) is 1. The van der Waals surface area contributed by atoms with E-state index in [1.54, 1.807) is 25.1 Å². The molecule has 6 nitrogen and oxygen atoms in total. The van der Waals surface area contributed by atoms with E-state index >= 15 is 0 Å². The first-order valence-electron chi connectivity index (χ1n) is 10.6. The van der Waals surface area contributed by atoms with Crippen LogP contribution in [0, 0.1) is 0 Å². The minimum Gasteiger partial charge on any atom is -0.381 e. The van der Waals surface area contributed by atoms with Gasteiger partial charge in [-0.25, -0.2) is 4.99 Å². The van der Waals surface area contributed by atoms with Crippen molar-refractivity contribution in [3.8, 4) is 0 Å². The molecule has 1 aromatic heterocycles. The van der Waals surface area contributed by atoms with E-state index in [-0.39, 0.29) is 41.3 Å². The van der Waals surface area contributed by atoms with Crippen LogP contribution in [0.5, 0.6) is 0 Å². The molecule has 2 aliphatic heterocycles. The Bertz CT molecular complexity index is 1090. The average Bonchev–Trinajstić information content (AvgIpc) is 2.75. The van der Waals surface area contributed by atoms with Gasteiger partial charge in [0, 0.05) is 43.1 Å². The maximum Gasteiger partial charge on any atom is 0.416 e. The Balaban J connectivity index is 1.67. The van der Waals surface area contributed by atoms with Gasteiger partial charge in [0.1, 0.15) is 0 Å². The number of hydrogen-bond acceptors (Lipinski definition) is 5. The predicted molar refractivity (Wildman–Crippen MR) is 118 cm³/mol. The van der Waals surface area contributed by atoms with Gasteiger partial charge >= 0.3 is 6.18 Å². The summed E-state index contributed by atoms with van der Waals surface area (Å²) in [4.78, 5) is 23.1. The van der Waals surface area contributed by atoms with E-state index < -0.39 is 17.3 Å². The summed E-state index contributed by atoms with van der Waals surface area (Å²) in [5, 5.41) is 0.265. The normalized spacial score (nSPS) is 22.4. The van der Waals surface area contributed by atoms with Crippen molar-refractivity contribution < 1.29 is 22.7 Å². The lowest BCUT2D eigenvalue weighted by molar-refractivity contribution is -0.138.